The van der Waals surface area contributed by atoms with Crippen LogP contribution in [0.2, 0.25) is 0 Å². The molecule has 1 saturated heterocycles. The molecule has 7 nitrogen and oxygen atoms in total. The minimum atomic E-state index is -3.54. The normalized spacial score (nSPS) is 15.2. The van der Waals surface area contributed by atoms with Gasteiger partial charge in [-0.2, -0.15) is 4.31 Å². The lowest BCUT2D eigenvalue weighted by molar-refractivity contribution is -0.114. The third kappa shape index (κ3) is 5.67. The van der Waals surface area contributed by atoms with E-state index in [0.717, 1.165) is 25.7 Å². The third-order valence-electron chi connectivity index (χ3n) is 5.07. The van der Waals surface area contributed by atoms with Crippen LogP contribution in [0.3, 0.4) is 0 Å². The SMILES string of the molecule is CC(=O)c1ccc(NC(=O)CNc2cccc(S(=O)(=O)N3CCCCCC3)c2)cc1. The van der Waals surface area contributed by atoms with E-state index in [1.54, 1.807) is 52.8 Å². The van der Waals surface area contributed by atoms with Gasteiger partial charge in [0.25, 0.3) is 0 Å². The minimum absolute atomic E-state index is 0.0122. The van der Waals surface area contributed by atoms with Gasteiger partial charge in [-0.3, -0.25) is 9.59 Å². The van der Waals surface area contributed by atoms with Crippen molar-refractivity contribution in [1.29, 1.82) is 0 Å². The molecule has 1 heterocycles. The molecule has 1 aliphatic rings. The van der Waals surface area contributed by atoms with Gasteiger partial charge in [-0.15, -0.1) is 0 Å². The molecule has 0 bridgehead atoms. The Balaban J connectivity index is 1.60. The van der Waals surface area contributed by atoms with Crippen molar-refractivity contribution < 1.29 is 18.0 Å². The fourth-order valence-corrected chi connectivity index (χ4v) is 4.94. The highest BCUT2D eigenvalue weighted by Crippen LogP contribution is 2.22. The third-order valence-corrected chi connectivity index (χ3v) is 6.96. The van der Waals surface area contributed by atoms with E-state index in [4.69, 9.17) is 0 Å². The summed E-state index contributed by atoms with van der Waals surface area (Å²) in [6.07, 6.45) is 3.87. The molecule has 1 amide bonds. The number of carbonyl (C=O) groups excluding carboxylic acids is 2. The number of anilines is 2. The molecule has 0 unspecified atom stereocenters. The molecule has 0 aromatic heterocycles. The summed E-state index contributed by atoms with van der Waals surface area (Å²) in [6, 6.07) is 13.2. The monoisotopic (exact) mass is 429 g/mol. The Bertz CT molecular complexity index is 995. The maximum atomic E-state index is 12.9. The highest BCUT2D eigenvalue weighted by molar-refractivity contribution is 7.89. The number of benzene rings is 2. The van der Waals surface area contributed by atoms with Gasteiger partial charge in [0.1, 0.15) is 0 Å². The quantitative estimate of drug-likeness (QED) is 0.657. The van der Waals surface area contributed by atoms with Crippen molar-refractivity contribution >= 4 is 33.1 Å². The Labute approximate surface area is 177 Å². The topological polar surface area (TPSA) is 95.6 Å². The van der Waals surface area contributed by atoms with E-state index < -0.39 is 10.0 Å². The largest absolute Gasteiger partial charge is 0.376 e. The Hall–Kier alpha value is -2.71. The van der Waals surface area contributed by atoms with Gasteiger partial charge in [0.05, 0.1) is 11.4 Å². The predicted molar refractivity (Wildman–Crippen MR) is 117 cm³/mol. The molecule has 1 fully saturated rings. The number of sulfonamides is 1. The number of nitrogens with one attached hydrogen (secondary N) is 2. The summed E-state index contributed by atoms with van der Waals surface area (Å²) in [5.41, 5.74) is 1.73. The molecule has 0 atom stereocenters. The van der Waals surface area contributed by atoms with E-state index in [0.29, 0.717) is 30.0 Å². The van der Waals surface area contributed by atoms with Crippen LogP contribution >= 0.6 is 0 Å². The van der Waals surface area contributed by atoms with Crippen molar-refractivity contribution in [1.82, 2.24) is 4.31 Å². The molecule has 3 rings (SSSR count). The first-order valence-electron chi connectivity index (χ1n) is 10.1. The molecule has 160 valence electrons. The van der Waals surface area contributed by atoms with Gasteiger partial charge in [0.2, 0.25) is 15.9 Å². The van der Waals surface area contributed by atoms with Gasteiger partial charge >= 0.3 is 0 Å². The number of carbonyl (C=O) groups is 2. The standard InChI is InChI=1S/C22H27N3O4S/c1-17(26)18-9-11-19(12-10-18)24-22(27)16-23-20-7-6-8-21(15-20)30(28,29)25-13-4-2-3-5-14-25/h6-12,15,23H,2-5,13-14,16H2,1H3,(H,24,27). The van der Waals surface area contributed by atoms with Crippen LogP contribution in [0.4, 0.5) is 11.4 Å². The Kier molecular flexibility index (Phi) is 7.23. The summed E-state index contributed by atoms with van der Waals surface area (Å²) in [7, 11) is -3.54. The van der Waals surface area contributed by atoms with Crippen molar-refractivity contribution in [2.75, 3.05) is 30.3 Å². The molecule has 8 heteroatoms. The summed E-state index contributed by atoms with van der Waals surface area (Å²) in [5.74, 6) is -0.309. The lowest BCUT2D eigenvalue weighted by Crippen LogP contribution is -2.32. The van der Waals surface area contributed by atoms with E-state index in [9.17, 15) is 18.0 Å². The van der Waals surface area contributed by atoms with Crippen LogP contribution in [-0.2, 0) is 14.8 Å². The van der Waals surface area contributed by atoms with Gasteiger partial charge in [-0.05, 0) is 62.2 Å². The van der Waals surface area contributed by atoms with Crippen LogP contribution in [0, 0.1) is 0 Å². The summed E-state index contributed by atoms with van der Waals surface area (Å²) < 4.78 is 27.4. The highest BCUT2D eigenvalue weighted by Gasteiger charge is 2.25. The highest BCUT2D eigenvalue weighted by atomic mass is 32.2. The lowest BCUT2D eigenvalue weighted by atomic mass is 10.1. The van der Waals surface area contributed by atoms with Gasteiger partial charge in [-0.1, -0.05) is 18.9 Å². The molecule has 30 heavy (non-hydrogen) atoms. The van der Waals surface area contributed by atoms with Crippen LogP contribution in [0.15, 0.2) is 53.4 Å². The molecular formula is C22H27N3O4S. The lowest BCUT2D eigenvalue weighted by Gasteiger charge is -2.20. The molecule has 0 aliphatic carbocycles. The first kappa shape index (κ1) is 22.0. The minimum Gasteiger partial charge on any atom is -0.376 e. The van der Waals surface area contributed by atoms with Crippen molar-refractivity contribution in [2.24, 2.45) is 0 Å². The summed E-state index contributed by atoms with van der Waals surface area (Å²) >= 11 is 0. The van der Waals surface area contributed by atoms with Crippen LogP contribution in [-0.4, -0.2) is 44.0 Å². The zero-order valence-electron chi connectivity index (χ0n) is 17.1. The molecule has 0 spiro atoms. The summed E-state index contributed by atoms with van der Waals surface area (Å²) in [6.45, 7) is 2.57. The van der Waals surface area contributed by atoms with Crippen molar-refractivity contribution in [3.63, 3.8) is 0 Å². The van der Waals surface area contributed by atoms with E-state index in [-0.39, 0.29) is 23.1 Å². The number of Topliss-reactive ketones (excluding diaryl/α,β-unsaturated/α-hetero) is 1. The smallest absolute Gasteiger partial charge is 0.243 e. The average molecular weight is 430 g/mol. The number of ketones is 1. The first-order chi connectivity index (χ1) is 14.4. The first-order valence-corrected chi connectivity index (χ1v) is 11.6. The van der Waals surface area contributed by atoms with Crippen LogP contribution in [0.5, 0.6) is 0 Å². The van der Waals surface area contributed by atoms with Crippen molar-refractivity contribution in [3.8, 4) is 0 Å². The van der Waals surface area contributed by atoms with E-state index in [2.05, 4.69) is 10.6 Å². The summed E-state index contributed by atoms with van der Waals surface area (Å²) in [5, 5.41) is 5.72. The fraction of sp³-hybridized carbons (Fsp3) is 0.364. The van der Waals surface area contributed by atoms with Gasteiger partial charge in [0.15, 0.2) is 5.78 Å². The molecule has 0 radical (unpaired) electrons. The average Bonchev–Trinajstić information content (AvgIpc) is 3.03. The van der Waals surface area contributed by atoms with E-state index in [1.165, 1.54) is 6.92 Å². The van der Waals surface area contributed by atoms with Crippen LogP contribution < -0.4 is 10.6 Å². The molecule has 2 aromatic rings. The van der Waals surface area contributed by atoms with Crippen molar-refractivity contribution in [2.45, 2.75) is 37.5 Å². The molecule has 2 aromatic carbocycles. The van der Waals surface area contributed by atoms with Crippen LogP contribution in [0.1, 0.15) is 43.0 Å². The number of amides is 1. The maximum absolute atomic E-state index is 12.9. The fourth-order valence-electron chi connectivity index (χ4n) is 3.37. The number of hydrogen-bond acceptors (Lipinski definition) is 5. The Morgan fingerprint density at radius 3 is 2.23 bits per heavy atom. The Morgan fingerprint density at radius 2 is 1.60 bits per heavy atom. The second kappa shape index (κ2) is 9.86. The molecule has 0 saturated carbocycles. The number of hydrogen-bond donors (Lipinski definition) is 2. The zero-order valence-corrected chi connectivity index (χ0v) is 17.9. The van der Waals surface area contributed by atoms with Crippen molar-refractivity contribution in [3.05, 3.63) is 54.1 Å². The number of rotatable bonds is 7. The van der Waals surface area contributed by atoms with E-state index in [1.807, 2.05) is 0 Å². The molecule has 2 N–H and O–H groups in total. The summed E-state index contributed by atoms with van der Waals surface area (Å²) in [4.78, 5) is 23.7. The van der Waals surface area contributed by atoms with Gasteiger partial charge < -0.3 is 10.6 Å². The second-order valence-corrected chi connectivity index (χ2v) is 9.32. The van der Waals surface area contributed by atoms with Gasteiger partial charge in [-0.25, -0.2) is 8.42 Å². The predicted octanol–water partition coefficient (Wildman–Crippen LogP) is 3.50. The maximum Gasteiger partial charge on any atom is 0.243 e. The number of nitrogens with zero attached hydrogens (tertiary/aromatic N) is 1. The Morgan fingerprint density at radius 1 is 0.933 bits per heavy atom. The second-order valence-electron chi connectivity index (χ2n) is 7.38. The zero-order chi connectivity index (χ0) is 21.6. The van der Waals surface area contributed by atoms with Crippen LogP contribution in [0.25, 0.3) is 0 Å². The van der Waals surface area contributed by atoms with Gasteiger partial charge in [0, 0.05) is 30.0 Å². The molecule has 1 aliphatic heterocycles. The molecular weight excluding hydrogens is 402 g/mol. The van der Waals surface area contributed by atoms with E-state index >= 15 is 0 Å².